The van der Waals surface area contributed by atoms with E-state index in [0.29, 0.717) is 24.5 Å². The summed E-state index contributed by atoms with van der Waals surface area (Å²) in [4.78, 5) is 16.9. The van der Waals surface area contributed by atoms with Gasteiger partial charge < -0.3 is 10.2 Å². The summed E-state index contributed by atoms with van der Waals surface area (Å²) in [5.41, 5.74) is 2.86. The Hall–Kier alpha value is -2.45. The van der Waals surface area contributed by atoms with E-state index >= 15 is 0 Å². The van der Waals surface area contributed by atoms with Crippen molar-refractivity contribution < 1.29 is 13.2 Å². The molecule has 1 N–H and O–H groups in total. The molecule has 0 unspecified atom stereocenters. The molecule has 3 heterocycles. The largest absolute Gasteiger partial charge is 0.348 e. The molecular weight excluding hydrogens is 400 g/mol. The van der Waals surface area contributed by atoms with Gasteiger partial charge in [-0.25, -0.2) is 8.42 Å². The third-order valence-electron chi connectivity index (χ3n) is 5.78. The van der Waals surface area contributed by atoms with Crippen LogP contribution in [0, 0.1) is 5.92 Å². The monoisotopic (exact) mass is 428 g/mol. The van der Waals surface area contributed by atoms with E-state index < -0.39 is 10.0 Å². The number of carbonyl (C=O) groups is 1. The quantitative estimate of drug-likeness (QED) is 0.776. The molecule has 0 radical (unpaired) electrons. The minimum Gasteiger partial charge on any atom is -0.348 e. The van der Waals surface area contributed by atoms with Crippen LogP contribution in [0.25, 0.3) is 0 Å². The molecule has 4 rings (SSSR count). The third-order valence-corrected chi connectivity index (χ3v) is 6.94. The summed E-state index contributed by atoms with van der Waals surface area (Å²) in [5.74, 6) is 0.867. The van der Waals surface area contributed by atoms with E-state index in [-0.39, 0.29) is 11.7 Å². The summed E-state index contributed by atoms with van der Waals surface area (Å²) < 4.78 is 27.0. The van der Waals surface area contributed by atoms with Crippen LogP contribution >= 0.6 is 0 Å². The van der Waals surface area contributed by atoms with Gasteiger partial charge in [0.2, 0.25) is 0 Å². The Labute approximate surface area is 178 Å². The minimum atomic E-state index is -3.40. The van der Waals surface area contributed by atoms with Crippen LogP contribution < -0.4 is 5.32 Å². The van der Waals surface area contributed by atoms with Crippen molar-refractivity contribution in [1.82, 2.24) is 15.1 Å². The van der Waals surface area contributed by atoms with Crippen LogP contribution in [-0.2, 0) is 27.9 Å². The highest BCUT2D eigenvalue weighted by molar-refractivity contribution is 7.90. The number of piperidine rings is 1. The van der Waals surface area contributed by atoms with E-state index in [2.05, 4.69) is 33.7 Å². The van der Waals surface area contributed by atoms with Gasteiger partial charge in [-0.15, -0.1) is 4.40 Å². The summed E-state index contributed by atoms with van der Waals surface area (Å²) in [7, 11) is -3.40. The molecule has 7 nitrogen and oxygen atoms in total. The number of nitrogens with zero attached hydrogens (tertiary/aromatic N) is 3. The number of fused-ring (bicyclic) bond motifs is 1. The number of sulfonamides is 1. The molecule has 1 saturated heterocycles. The second kappa shape index (κ2) is 8.73. The van der Waals surface area contributed by atoms with Crippen LogP contribution in [0.3, 0.4) is 0 Å². The normalized spacial score (nSPS) is 23.4. The number of benzene rings is 1. The van der Waals surface area contributed by atoms with Gasteiger partial charge in [-0.2, -0.15) is 0 Å². The summed E-state index contributed by atoms with van der Waals surface area (Å²) in [5, 5.41) is 3.01. The Balaban J connectivity index is 1.39. The highest BCUT2D eigenvalue weighted by atomic mass is 32.2. The number of carbonyl (C=O) groups excluding carboxylic acids is 1. The van der Waals surface area contributed by atoms with Gasteiger partial charge in [0.05, 0.1) is 11.3 Å². The molecule has 1 aromatic carbocycles. The lowest BCUT2D eigenvalue weighted by atomic mass is 9.99. The van der Waals surface area contributed by atoms with Gasteiger partial charge in [-0.3, -0.25) is 9.69 Å². The van der Waals surface area contributed by atoms with Crippen molar-refractivity contribution in [2.45, 2.75) is 32.9 Å². The highest BCUT2D eigenvalue weighted by Crippen LogP contribution is 2.20. The fraction of sp³-hybridized carbons (Fsp3) is 0.455. The second-order valence-electron chi connectivity index (χ2n) is 8.28. The topological polar surface area (TPSA) is 82.1 Å². The van der Waals surface area contributed by atoms with E-state index in [1.54, 1.807) is 23.3 Å². The van der Waals surface area contributed by atoms with E-state index in [1.807, 2.05) is 12.1 Å². The molecule has 1 aromatic rings. The van der Waals surface area contributed by atoms with Crippen LogP contribution in [0.2, 0.25) is 0 Å². The second-order valence-corrected chi connectivity index (χ2v) is 10.0. The van der Waals surface area contributed by atoms with Crippen molar-refractivity contribution in [2.75, 3.05) is 25.4 Å². The first-order chi connectivity index (χ1) is 14.4. The molecule has 8 heteroatoms. The smallest absolute Gasteiger partial charge is 0.256 e. The summed E-state index contributed by atoms with van der Waals surface area (Å²) in [6.07, 6.45) is 7.41. The van der Waals surface area contributed by atoms with Crippen molar-refractivity contribution in [3.05, 3.63) is 59.3 Å². The SMILES string of the molecule is C[C@@H]1CCCN(Cc2ccccc2CNC(=O)C2=CN3CCS(=O)(=O)N=C3C=C2)C1. The molecule has 0 spiro atoms. The first-order valence-corrected chi connectivity index (χ1v) is 12.1. The average Bonchev–Trinajstić information content (AvgIpc) is 2.72. The number of amides is 1. The molecular formula is C22H28N4O3S. The van der Waals surface area contributed by atoms with Crippen molar-refractivity contribution in [1.29, 1.82) is 0 Å². The summed E-state index contributed by atoms with van der Waals surface area (Å²) >= 11 is 0. The van der Waals surface area contributed by atoms with E-state index in [1.165, 1.54) is 18.4 Å². The number of hydrogen-bond acceptors (Lipinski definition) is 5. The first-order valence-electron chi connectivity index (χ1n) is 10.5. The van der Waals surface area contributed by atoms with Gasteiger partial charge in [-0.05, 0) is 48.6 Å². The maximum Gasteiger partial charge on any atom is 0.256 e. The van der Waals surface area contributed by atoms with Crippen molar-refractivity contribution in [2.24, 2.45) is 10.3 Å². The van der Waals surface area contributed by atoms with Crippen molar-refractivity contribution in [3.63, 3.8) is 0 Å². The van der Waals surface area contributed by atoms with Gasteiger partial charge in [0, 0.05) is 32.4 Å². The predicted octanol–water partition coefficient (Wildman–Crippen LogP) is 2.03. The zero-order valence-electron chi connectivity index (χ0n) is 17.3. The maximum absolute atomic E-state index is 12.7. The maximum atomic E-state index is 12.7. The number of nitrogens with one attached hydrogen (secondary N) is 1. The molecule has 1 atom stereocenters. The first kappa shape index (κ1) is 20.8. The Morgan fingerprint density at radius 1 is 1.20 bits per heavy atom. The van der Waals surface area contributed by atoms with Gasteiger partial charge in [-0.1, -0.05) is 31.2 Å². The Kier molecular flexibility index (Phi) is 6.06. The number of likely N-dealkylation sites (tertiary alicyclic amines) is 1. The Morgan fingerprint density at radius 2 is 2.00 bits per heavy atom. The molecule has 0 bridgehead atoms. The molecule has 30 heavy (non-hydrogen) atoms. The fourth-order valence-corrected chi connectivity index (χ4v) is 5.14. The van der Waals surface area contributed by atoms with E-state index in [4.69, 9.17) is 0 Å². The Bertz CT molecular complexity index is 1010. The van der Waals surface area contributed by atoms with Gasteiger partial charge in [0.1, 0.15) is 5.84 Å². The number of amidine groups is 1. The summed E-state index contributed by atoms with van der Waals surface area (Å²) in [6, 6.07) is 8.25. The molecule has 0 saturated carbocycles. The lowest BCUT2D eigenvalue weighted by Crippen LogP contribution is -2.38. The molecule has 160 valence electrons. The predicted molar refractivity (Wildman–Crippen MR) is 117 cm³/mol. The van der Waals surface area contributed by atoms with Crippen LogP contribution in [0.4, 0.5) is 0 Å². The van der Waals surface area contributed by atoms with Gasteiger partial charge in [0.25, 0.3) is 15.9 Å². The van der Waals surface area contributed by atoms with Crippen molar-refractivity contribution in [3.8, 4) is 0 Å². The van der Waals surface area contributed by atoms with Gasteiger partial charge >= 0.3 is 0 Å². The molecule has 0 aliphatic carbocycles. The zero-order chi connectivity index (χ0) is 21.1. The third kappa shape index (κ3) is 4.99. The van der Waals surface area contributed by atoms with Gasteiger partial charge in [0.15, 0.2) is 0 Å². The zero-order valence-corrected chi connectivity index (χ0v) is 18.1. The number of hydrogen-bond donors (Lipinski definition) is 1. The van der Waals surface area contributed by atoms with Crippen LogP contribution in [0.1, 0.15) is 30.9 Å². The van der Waals surface area contributed by atoms with Crippen molar-refractivity contribution >= 4 is 21.8 Å². The summed E-state index contributed by atoms with van der Waals surface area (Å²) in [6.45, 7) is 6.21. The van der Waals surface area contributed by atoms with Crippen LogP contribution in [0.5, 0.6) is 0 Å². The lowest BCUT2D eigenvalue weighted by molar-refractivity contribution is -0.117. The molecule has 0 aromatic heterocycles. The highest BCUT2D eigenvalue weighted by Gasteiger charge is 2.25. The van der Waals surface area contributed by atoms with Crippen LogP contribution in [-0.4, -0.2) is 55.3 Å². The van der Waals surface area contributed by atoms with E-state index in [0.717, 1.165) is 31.1 Å². The minimum absolute atomic E-state index is 0.0434. The molecule has 1 amide bonds. The number of rotatable bonds is 5. The fourth-order valence-electron chi connectivity index (χ4n) is 4.17. The lowest BCUT2D eigenvalue weighted by Gasteiger charge is -2.31. The average molecular weight is 429 g/mol. The standard InChI is InChI=1S/C22H28N4O3S/c1-17-5-4-10-25(14-17)15-19-7-3-2-6-18(19)13-23-22(27)20-8-9-21-24-30(28,29)12-11-26(21)16-20/h2-3,6-9,16-17H,4-5,10-15H2,1H3,(H,23,27)/t17-/m1/s1. The Morgan fingerprint density at radius 3 is 2.80 bits per heavy atom. The molecule has 1 fully saturated rings. The van der Waals surface area contributed by atoms with E-state index in [9.17, 15) is 13.2 Å². The van der Waals surface area contributed by atoms with Crippen LogP contribution in [0.15, 0.2) is 52.6 Å². The molecule has 3 aliphatic heterocycles. The molecule has 3 aliphatic rings.